The maximum Gasteiger partial charge on any atom is 0.387 e. The van der Waals surface area contributed by atoms with Crippen LogP contribution >= 0.6 is 0 Å². The van der Waals surface area contributed by atoms with Gasteiger partial charge < -0.3 is 44.1 Å². The standard InChI is InChI=1S/C32H36F2N2O10/c1-32(2,41)23-10-6-18(15-35-23)20(17-5-9-21(44-31(33)34)22(13-17)43-19-7-8-19)12-16-4-11-24(36-14-16)45-30-27(39)25(37)26(38)28(46-30)29(40)42-3/h4-6,9-11,13-15,19-20,25-28,30-31,37-39,41H,7-8,12H2,1-3H3/t20-,25?,26-,27+,28?,30+/m0/s1. The van der Waals surface area contributed by atoms with Gasteiger partial charge in [-0.25, -0.2) is 9.78 Å². The molecule has 3 aromatic rings. The highest BCUT2D eigenvalue weighted by Gasteiger charge is 2.48. The third kappa shape index (κ3) is 7.88. The number of carbonyl (C=O) groups is 1. The first-order chi connectivity index (χ1) is 21.8. The van der Waals surface area contributed by atoms with Crippen molar-refractivity contribution in [1.29, 1.82) is 0 Å². The number of benzene rings is 1. The van der Waals surface area contributed by atoms with Gasteiger partial charge in [-0.15, -0.1) is 0 Å². The first-order valence-electron chi connectivity index (χ1n) is 14.7. The van der Waals surface area contributed by atoms with E-state index in [-0.39, 0.29) is 29.4 Å². The Kier molecular flexibility index (Phi) is 10.0. The average Bonchev–Trinajstić information content (AvgIpc) is 3.85. The number of nitrogens with zero attached hydrogens (tertiary/aromatic N) is 2. The van der Waals surface area contributed by atoms with E-state index in [1.807, 2.05) is 6.07 Å². The highest BCUT2D eigenvalue weighted by molar-refractivity contribution is 5.75. The van der Waals surface area contributed by atoms with Crippen LogP contribution in [-0.4, -0.2) is 86.9 Å². The Balaban J connectivity index is 1.40. The summed E-state index contributed by atoms with van der Waals surface area (Å²) in [7, 11) is 1.09. The highest BCUT2D eigenvalue weighted by atomic mass is 19.3. The lowest BCUT2D eigenvalue weighted by Crippen LogP contribution is -2.61. The molecule has 1 aromatic carbocycles. The Bertz CT molecular complexity index is 1480. The van der Waals surface area contributed by atoms with Gasteiger partial charge in [0, 0.05) is 24.4 Å². The molecule has 6 atom stereocenters. The van der Waals surface area contributed by atoms with Gasteiger partial charge in [0.15, 0.2) is 17.6 Å². The third-order valence-electron chi connectivity index (χ3n) is 7.70. The number of hydrogen-bond acceptors (Lipinski definition) is 12. The zero-order valence-electron chi connectivity index (χ0n) is 25.3. The second-order valence-corrected chi connectivity index (χ2v) is 11.7. The predicted molar refractivity (Wildman–Crippen MR) is 155 cm³/mol. The Morgan fingerprint density at radius 1 is 0.957 bits per heavy atom. The summed E-state index contributed by atoms with van der Waals surface area (Å²) in [5.74, 6) is -1.17. The summed E-state index contributed by atoms with van der Waals surface area (Å²) >= 11 is 0. The molecular formula is C32H36F2N2O10. The van der Waals surface area contributed by atoms with E-state index in [2.05, 4.69) is 14.7 Å². The van der Waals surface area contributed by atoms with Crippen molar-refractivity contribution in [2.75, 3.05) is 7.11 Å². The molecular weight excluding hydrogens is 610 g/mol. The maximum absolute atomic E-state index is 13.1. The summed E-state index contributed by atoms with van der Waals surface area (Å²) in [6, 6.07) is 11.6. The molecule has 12 nitrogen and oxygen atoms in total. The van der Waals surface area contributed by atoms with Crippen molar-refractivity contribution in [1.82, 2.24) is 9.97 Å². The average molecular weight is 647 g/mol. The van der Waals surface area contributed by atoms with E-state index < -0.39 is 48.9 Å². The van der Waals surface area contributed by atoms with Gasteiger partial charge >= 0.3 is 12.6 Å². The number of aromatic nitrogens is 2. The smallest absolute Gasteiger partial charge is 0.387 e. The van der Waals surface area contributed by atoms with Gasteiger partial charge in [-0.1, -0.05) is 18.2 Å². The Hall–Kier alpha value is -3.95. The van der Waals surface area contributed by atoms with Gasteiger partial charge in [0.25, 0.3) is 0 Å². The minimum atomic E-state index is -3.02. The van der Waals surface area contributed by atoms with Crippen molar-refractivity contribution in [3.05, 3.63) is 77.2 Å². The van der Waals surface area contributed by atoms with Gasteiger partial charge in [0.2, 0.25) is 12.2 Å². The first-order valence-corrected chi connectivity index (χ1v) is 14.7. The summed E-state index contributed by atoms with van der Waals surface area (Å²) < 4.78 is 52.4. The SMILES string of the molecule is COC(=O)C1O[C@@H](Oc2ccc(C[C@H](c3ccc(C(C)(C)O)nc3)c3ccc(OC(F)F)c(OC4CC4)c3)cn2)[C@H](O)C(O)[C@@H]1O. The number of esters is 1. The van der Waals surface area contributed by atoms with E-state index in [1.54, 1.807) is 44.3 Å². The first kappa shape index (κ1) is 33.4. The second-order valence-electron chi connectivity index (χ2n) is 11.7. The normalized spacial score (nSPS) is 23.9. The van der Waals surface area contributed by atoms with E-state index >= 15 is 0 Å². The van der Waals surface area contributed by atoms with Crippen molar-refractivity contribution in [2.24, 2.45) is 0 Å². The number of alkyl halides is 2. The third-order valence-corrected chi connectivity index (χ3v) is 7.70. The van der Waals surface area contributed by atoms with Gasteiger partial charge in [0.05, 0.1) is 18.9 Å². The van der Waals surface area contributed by atoms with Crippen molar-refractivity contribution in [2.45, 2.75) is 88.1 Å². The molecule has 0 bridgehead atoms. The molecule has 14 heteroatoms. The van der Waals surface area contributed by atoms with Crippen LogP contribution in [0.5, 0.6) is 17.4 Å². The fourth-order valence-corrected chi connectivity index (χ4v) is 5.01. The summed E-state index contributed by atoms with van der Waals surface area (Å²) in [6.45, 7) is 0.232. The zero-order valence-corrected chi connectivity index (χ0v) is 25.3. The van der Waals surface area contributed by atoms with Gasteiger partial charge in [0.1, 0.15) is 23.9 Å². The number of pyridine rings is 2. The van der Waals surface area contributed by atoms with E-state index in [0.29, 0.717) is 12.1 Å². The van der Waals surface area contributed by atoms with E-state index in [4.69, 9.17) is 18.9 Å². The van der Waals surface area contributed by atoms with Crippen LogP contribution in [0, 0.1) is 0 Å². The van der Waals surface area contributed by atoms with Crippen LogP contribution in [0.25, 0.3) is 0 Å². The fourth-order valence-electron chi connectivity index (χ4n) is 5.01. The molecule has 1 saturated heterocycles. The molecule has 2 aromatic heterocycles. The molecule has 5 rings (SSSR count). The molecule has 0 amide bonds. The molecule has 0 radical (unpaired) electrons. The molecule has 1 saturated carbocycles. The largest absolute Gasteiger partial charge is 0.487 e. The fraction of sp³-hybridized carbons (Fsp3) is 0.469. The lowest BCUT2D eigenvalue weighted by molar-refractivity contribution is -0.272. The summed E-state index contributed by atoms with van der Waals surface area (Å²) in [6.07, 6.45) is -3.19. The Labute approximate surface area is 263 Å². The van der Waals surface area contributed by atoms with Crippen LogP contribution in [0.1, 0.15) is 55.0 Å². The number of hydrogen-bond donors (Lipinski definition) is 4. The molecule has 1 aliphatic carbocycles. The predicted octanol–water partition coefficient (Wildman–Crippen LogP) is 2.58. The number of carbonyl (C=O) groups excluding carboxylic acids is 1. The van der Waals surface area contributed by atoms with Gasteiger partial charge in [-0.2, -0.15) is 8.78 Å². The lowest BCUT2D eigenvalue weighted by atomic mass is 9.86. The summed E-state index contributed by atoms with van der Waals surface area (Å²) in [5.41, 5.74) is 1.54. The Morgan fingerprint density at radius 3 is 2.28 bits per heavy atom. The van der Waals surface area contributed by atoms with Crippen molar-refractivity contribution < 1.29 is 57.7 Å². The molecule has 2 unspecified atom stereocenters. The van der Waals surface area contributed by atoms with Gasteiger partial charge in [-0.05, 0) is 68.0 Å². The van der Waals surface area contributed by atoms with Crippen molar-refractivity contribution in [3.8, 4) is 17.4 Å². The molecule has 2 fully saturated rings. The maximum atomic E-state index is 13.1. The molecule has 0 spiro atoms. The van der Waals surface area contributed by atoms with Crippen LogP contribution in [0.4, 0.5) is 8.78 Å². The summed E-state index contributed by atoms with van der Waals surface area (Å²) in [4.78, 5) is 20.7. The number of methoxy groups -OCH3 is 1. The second kappa shape index (κ2) is 13.8. The van der Waals surface area contributed by atoms with Crippen molar-refractivity contribution >= 4 is 5.97 Å². The van der Waals surface area contributed by atoms with Gasteiger partial charge in [-0.3, -0.25) is 4.98 Å². The number of ether oxygens (including phenoxy) is 5. The topological polar surface area (TPSA) is 170 Å². The molecule has 248 valence electrons. The Morgan fingerprint density at radius 2 is 1.70 bits per heavy atom. The van der Waals surface area contributed by atoms with Crippen LogP contribution in [0.15, 0.2) is 54.9 Å². The lowest BCUT2D eigenvalue weighted by Gasteiger charge is -2.38. The zero-order chi connectivity index (χ0) is 33.2. The number of halogens is 2. The quantitative estimate of drug-likeness (QED) is 0.213. The molecule has 1 aliphatic heterocycles. The minimum absolute atomic E-state index is 0.00127. The molecule has 46 heavy (non-hydrogen) atoms. The molecule has 3 heterocycles. The van der Waals surface area contributed by atoms with E-state index in [9.17, 15) is 34.0 Å². The van der Waals surface area contributed by atoms with Crippen molar-refractivity contribution in [3.63, 3.8) is 0 Å². The monoisotopic (exact) mass is 646 g/mol. The van der Waals surface area contributed by atoms with E-state index in [1.165, 1.54) is 18.3 Å². The molecule has 4 N–H and O–H groups in total. The van der Waals surface area contributed by atoms with Crippen LogP contribution < -0.4 is 14.2 Å². The highest BCUT2D eigenvalue weighted by Crippen LogP contribution is 2.39. The number of rotatable bonds is 12. The summed E-state index contributed by atoms with van der Waals surface area (Å²) in [5, 5.41) is 41.1. The van der Waals surface area contributed by atoms with Crippen LogP contribution in [0.2, 0.25) is 0 Å². The molecule has 2 aliphatic rings. The van der Waals surface area contributed by atoms with E-state index in [0.717, 1.165) is 36.6 Å². The number of aliphatic hydroxyl groups excluding tert-OH is 3. The minimum Gasteiger partial charge on any atom is -0.487 e. The van der Waals surface area contributed by atoms with Crippen LogP contribution in [-0.2, 0) is 26.3 Å². The van der Waals surface area contributed by atoms with Crippen LogP contribution in [0.3, 0.4) is 0 Å². The number of aliphatic hydroxyl groups is 4.